The number of carbonyl (C=O) groups is 3. The molecular weight excluding hydrogens is 328 g/mol. The summed E-state index contributed by atoms with van der Waals surface area (Å²) in [7, 11) is 0. The molecule has 2 unspecified atom stereocenters. The summed E-state index contributed by atoms with van der Waals surface area (Å²) in [5, 5.41) is 0. The summed E-state index contributed by atoms with van der Waals surface area (Å²) < 4.78 is 26.4. The van der Waals surface area contributed by atoms with Gasteiger partial charge in [-0.05, 0) is 24.6 Å². The van der Waals surface area contributed by atoms with Gasteiger partial charge in [-0.25, -0.2) is 8.78 Å². The van der Waals surface area contributed by atoms with E-state index in [1.807, 2.05) is 0 Å². The molecular formula is C19H11F2NO3. The highest BCUT2D eigenvalue weighted by molar-refractivity contribution is 6.73. The molecule has 2 aliphatic rings. The monoisotopic (exact) mass is 339 g/mol. The van der Waals surface area contributed by atoms with Crippen molar-refractivity contribution in [3.05, 3.63) is 71.3 Å². The van der Waals surface area contributed by atoms with Gasteiger partial charge in [0.2, 0.25) is 11.6 Å². The molecule has 1 spiro atoms. The van der Waals surface area contributed by atoms with Crippen LogP contribution in [0.4, 0.5) is 8.78 Å². The minimum Gasteiger partial charge on any atom is -0.294 e. The van der Waals surface area contributed by atoms with Crippen LogP contribution in [0, 0.1) is 17.6 Å². The molecule has 0 aromatic heterocycles. The van der Waals surface area contributed by atoms with Crippen LogP contribution in [0.5, 0.6) is 0 Å². The van der Waals surface area contributed by atoms with E-state index in [2.05, 4.69) is 4.99 Å². The smallest absolute Gasteiger partial charge is 0.249 e. The molecule has 6 heteroatoms. The van der Waals surface area contributed by atoms with Crippen molar-refractivity contribution in [1.82, 2.24) is 0 Å². The Labute approximate surface area is 141 Å². The van der Waals surface area contributed by atoms with E-state index in [9.17, 15) is 23.2 Å². The van der Waals surface area contributed by atoms with Crippen LogP contribution in [-0.4, -0.2) is 28.6 Å². The minimum atomic E-state index is -1.38. The Morgan fingerprint density at radius 3 is 2.44 bits per heavy atom. The van der Waals surface area contributed by atoms with Crippen molar-refractivity contribution >= 4 is 23.1 Å². The van der Waals surface area contributed by atoms with Crippen molar-refractivity contribution in [2.75, 3.05) is 0 Å². The summed E-state index contributed by atoms with van der Waals surface area (Å²) in [6.07, 6.45) is 0.103. The summed E-state index contributed by atoms with van der Waals surface area (Å²) in [6.45, 7) is 0. The van der Waals surface area contributed by atoms with Gasteiger partial charge in [0, 0.05) is 11.1 Å². The van der Waals surface area contributed by atoms with E-state index >= 15 is 0 Å². The van der Waals surface area contributed by atoms with Crippen LogP contribution in [0.15, 0.2) is 53.5 Å². The Hall–Kier alpha value is -3.02. The number of ketones is 3. The maximum Gasteiger partial charge on any atom is 0.249 e. The highest BCUT2D eigenvalue weighted by Gasteiger charge is 2.68. The Morgan fingerprint density at radius 1 is 1.04 bits per heavy atom. The van der Waals surface area contributed by atoms with Gasteiger partial charge in [-0.2, -0.15) is 0 Å². The van der Waals surface area contributed by atoms with Crippen LogP contribution in [0.3, 0.4) is 0 Å². The zero-order valence-electron chi connectivity index (χ0n) is 12.8. The third-order valence-electron chi connectivity index (χ3n) is 4.63. The zero-order valence-corrected chi connectivity index (χ0v) is 12.8. The van der Waals surface area contributed by atoms with Crippen LogP contribution in [0.25, 0.3) is 0 Å². The van der Waals surface area contributed by atoms with E-state index in [0.717, 1.165) is 18.2 Å². The van der Waals surface area contributed by atoms with E-state index in [1.54, 1.807) is 30.3 Å². The molecule has 2 aromatic carbocycles. The number of halogens is 2. The first kappa shape index (κ1) is 15.5. The lowest BCUT2D eigenvalue weighted by atomic mass is 9.99. The SMILES string of the molecule is O=C1C(=O)C2(CC2C(=O)c2ccc(F)c(F)c2)N=C1c1ccccc1. The fourth-order valence-corrected chi connectivity index (χ4v) is 3.18. The van der Waals surface area contributed by atoms with Crippen LogP contribution >= 0.6 is 0 Å². The Bertz CT molecular complexity index is 968. The predicted octanol–water partition coefficient (Wildman–Crippen LogP) is 2.55. The lowest BCUT2D eigenvalue weighted by Gasteiger charge is -2.04. The Kier molecular flexibility index (Phi) is 3.25. The van der Waals surface area contributed by atoms with Crippen molar-refractivity contribution in [2.45, 2.75) is 12.0 Å². The van der Waals surface area contributed by atoms with Gasteiger partial charge in [-0.15, -0.1) is 0 Å². The minimum absolute atomic E-state index is 0.0376. The summed E-state index contributed by atoms with van der Waals surface area (Å²) >= 11 is 0. The molecule has 1 aliphatic carbocycles. The normalized spacial score (nSPS) is 24.6. The highest BCUT2D eigenvalue weighted by atomic mass is 19.2. The van der Waals surface area contributed by atoms with E-state index in [1.165, 1.54) is 0 Å². The first-order chi connectivity index (χ1) is 11.9. The maximum atomic E-state index is 13.3. The van der Waals surface area contributed by atoms with Crippen molar-refractivity contribution in [1.29, 1.82) is 0 Å². The molecule has 1 saturated carbocycles. The van der Waals surface area contributed by atoms with Gasteiger partial charge in [0.15, 0.2) is 17.4 Å². The fourth-order valence-electron chi connectivity index (χ4n) is 3.18. The lowest BCUT2D eigenvalue weighted by molar-refractivity contribution is -0.133. The van der Waals surface area contributed by atoms with E-state index in [-0.39, 0.29) is 17.7 Å². The Balaban J connectivity index is 1.67. The average Bonchev–Trinajstić information content (AvgIpc) is 3.30. The lowest BCUT2D eigenvalue weighted by Crippen LogP contribution is -2.28. The van der Waals surface area contributed by atoms with Crippen LogP contribution in [0.1, 0.15) is 22.3 Å². The number of carbonyl (C=O) groups excluding carboxylic acids is 3. The van der Waals surface area contributed by atoms with Gasteiger partial charge in [-0.3, -0.25) is 19.4 Å². The van der Waals surface area contributed by atoms with Crippen molar-refractivity contribution in [3.8, 4) is 0 Å². The van der Waals surface area contributed by atoms with Gasteiger partial charge in [0.25, 0.3) is 0 Å². The number of Topliss-reactive ketones (excluding diaryl/α,β-unsaturated/α-hetero) is 3. The molecule has 0 bridgehead atoms. The third-order valence-corrected chi connectivity index (χ3v) is 4.63. The summed E-state index contributed by atoms with van der Waals surface area (Å²) in [6, 6.07) is 11.4. The van der Waals surface area contributed by atoms with Crippen LogP contribution in [0.2, 0.25) is 0 Å². The summed E-state index contributed by atoms with van der Waals surface area (Å²) in [5.74, 6) is -4.96. The van der Waals surface area contributed by atoms with Crippen molar-refractivity contribution in [2.24, 2.45) is 10.9 Å². The maximum absolute atomic E-state index is 13.3. The molecule has 4 nitrogen and oxygen atoms in total. The van der Waals surface area contributed by atoms with E-state index < -0.39 is 40.4 Å². The van der Waals surface area contributed by atoms with Crippen molar-refractivity contribution < 1.29 is 23.2 Å². The molecule has 2 aromatic rings. The zero-order chi connectivity index (χ0) is 17.8. The largest absolute Gasteiger partial charge is 0.294 e. The quantitative estimate of drug-likeness (QED) is 0.638. The van der Waals surface area contributed by atoms with E-state index in [4.69, 9.17) is 0 Å². The van der Waals surface area contributed by atoms with E-state index in [0.29, 0.717) is 5.56 Å². The standard InChI is InChI=1S/C19H11F2NO3/c20-13-7-6-11(8-14(13)21)16(23)12-9-19(12)18(25)17(24)15(22-19)10-4-2-1-3-5-10/h1-8,12H,9H2. The summed E-state index contributed by atoms with van der Waals surface area (Å²) in [4.78, 5) is 41.4. The molecule has 124 valence electrons. The number of hydrogen-bond donors (Lipinski definition) is 0. The van der Waals surface area contributed by atoms with Crippen molar-refractivity contribution in [3.63, 3.8) is 0 Å². The second kappa shape index (κ2) is 5.24. The molecule has 4 rings (SSSR count). The number of benzene rings is 2. The molecule has 0 radical (unpaired) electrons. The Morgan fingerprint density at radius 2 is 1.76 bits per heavy atom. The second-order valence-corrected chi connectivity index (χ2v) is 6.16. The molecule has 1 fully saturated rings. The molecule has 0 saturated heterocycles. The molecule has 0 N–H and O–H groups in total. The molecule has 1 aliphatic heterocycles. The average molecular weight is 339 g/mol. The molecule has 2 atom stereocenters. The molecule has 25 heavy (non-hydrogen) atoms. The second-order valence-electron chi connectivity index (χ2n) is 6.16. The molecule has 0 amide bonds. The number of hydrogen-bond acceptors (Lipinski definition) is 4. The fraction of sp³-hybridized carbons (Fsp3) is 0.158. The highest BCUT2D eigenvalue weighted by Crippen LogP contribution is 2.52. The van der Waals surface area contributed by atoms with Crippen LogP contribution in [-0.2, 0) is 9.59 Å². The topological polar surface area (TPSA) is 63.6 Å². The molecule has 1 heterocycles. The van der Waals surface area contributed by atoms with Gasteiger partial charge in [0.1, 0.15) is 11.3 Å². The van der Waals surface area contributed by atoms with Gasteiger partial charge in [-0.1, -0.05) is 30.3 Å². The van der Waals surface area contributed by atoms with Gasteiger partial charge < -0.3 is 0 Å². The predicted molar refractivity (Wildman–Crippen MR) is 84.5 cm³/mol. The van der Waals surface area contributed by atoms with Gasteiger partial charge in [0.05, 0.1) is 5.92 Å². The first-order valence-corrected chi connectivity index (χ1v) is 7.68. The number of aliphatic imine (C=N–C) groups is 1. The third kappa shape index (κ3) is 2.25. The summed E-state index contributed by atoms with van der Waals surface area (Å²) in [5.41, 5.74) is -0.858. The van der Waals surface area contributed by atoms with Crippen LogP contribution < -0.4 is 0 Å². The first-order valence-electron chi connectivity index (χ1n) is 7.68. The number of rotatable bonds is 3. The number of nitrogens with zero attached hydrogens (tertiary/aromatic N) is 1. The van der Waals surface area contributed by atoms with Gasteiger partial charge >= 0.3 is 0 Å².